The highest BCUT2D eigenvalue weighted by molar-refractivity contribution is 4.92. The van der Waals surface area contributed by atoms with E-state index < -0.39 is 0 Å². The van der Waals surface area contributed by atoms with Crippen LogP contribution in [0.2, 0.25) is 0 Å². The number of nitrogens with one attached hydrogen (secondary N) is 1. The van der Waals surface area contributed by atoms with E-state index in [1.807, 2.05) is 0 Å². The zero-order valence-electron chi connectivity index (χ0n) is 10.3. The Kier molecular flexibility index (Phi) is 3.93. The third kappa shape index (κ3) is 2.94. The van der Waals surface area contributed by atoms with E-state index in [0.29, 0.717) is 11.6 Å². The van der Waals surface area contributed by atoms with Gasteiger partial charge in [-0.25, -0.2) is 0 Å². The van der Waals surface area contributed by atoms with E-state index in [9.17, 15) is 0 Å². The molecular weight excluding hydrogens is 174 g/mol. The molecule has 0 radical (unpaired) electrons. The van der Waals surface area contributed by atoms with Crippen molar-refractivity contribution in [3.63, 3.8) is 0 Å². The first-order valence-corrected chi connectivity index (χ1v) is 5.52. The van der Waals surface area contributed by atoms with E-state index in [-0.39, 0.29) is 0 Å². The molecule has 1 heterocycles. The van der Waals surface area contributed by atoms with Crippen molar-refractivity contribution in [1.82, 2.24) is 15.1 Å². The fourth-order valence-electron chi connectivity index (χ4n) is 2.00. The molecule has 0 saturated carbocycles. The summed E-state index contributed by atoms with van der Waals surface area (Å²) in [5, 5.41) is 3.52. The molecule has 1 unspecified atom stereocenters. The molecule has 84 valence electrons. The van der Waals surface area contributed by atoms with Crippen LogP contribution in [0.15, 0.2) is 0 Å². The molecule has 1 N–H and O–H groups in total. The molecular formula is C11H25N3. The first kappa shape index (κ1) is 12.0. The van der Waals surface area contributed by atoms with Crippen LogP contribution in [-0.2, 0) is 0 Å². The predicted molar refractivity (Wildman–Crippen MR) is 61.7 cm³/mol. The van der Waals surface area contributed by atoms with Crippen molar-refractivity contribution in [3.05, 3.63) is 0 Å². The summed E-state index contributed by atoms with van der Waals surface area (Å²) < 4.78 is 0. The molecule has 1 atom stereocenters. The third-order valence-electron chi connectivity index (χ3n) is 3.35. The Balaban J connectivity index is 2.44. The van der Waals surface area contributed by atoms with Gasteiger partial charge in [0.05, 0.1) is 0 Å². The van der Waals surface area contributed by atoms with Gasteiger partial charge in [-0.3, -0.25) is 4.90 Å². The van der Waals surface area contributed by atoms with Crippen molar-refractivity contribution in [2.75, 3.05) is 40.8 Å². The molecule has 0 aromatic rings. The van der Waals surface area contributed by atoms with Crippen molar-refractivity contribution in [2.45, 2.75) is 31.8 Å². The quantitative estimate of drug-likeness (QED) is 0.719. The summed E-state index contributed by atoms with van der Waals surface area (Å²) >= 11 is 0. The number of hydrogen-bond acceptors (Lipinski definition) is 3. The standard InChI is InChI=1S/C11H25N3/c1-11(2)9-12-8-10(14(11)5)6-7-13(3)4/h10,12H,6-9H2,1-5H3. The van der Waals surface area contributed by atoms with Crippen LogP contribution >= 0.6 is 0 Å². The Morgan fingerprint density at radius 3 is 2.64 bits per heavy atom. The second-order valence-electron chi connectivity index (χ2n) is 5.30. The Morgan fingerprint density at radius 2 is 2.07 bits per heavy atom. The van der Waals surface area contributed by atoms with Gasteiger partial charge in [-0.1, -0.05) is 0 Å². The minimum atomic E-state index is 0.301. The maximum atomic E-state index is 3.52. The minimum Gasteiger partial charge on any atom is -0.313 e. The topological polar surface area (TPSA) is 18.5 Å². The molecule has 1 saturated heterocycles. The van der Waals surface area contributed by atoms with Gasteiger partial charge in [-0.15, -0.1) is 0 Å². The van der Waals surface area contributed by atoms with Crippen LogP contribution < -0.4 is 5.32 Å². The first-order valence-electron chi connectivity index (χ1n) is 5.52. The molecule has 0 spiro atoms. The second kappa shape index (κ2) is 4.60. The van der Waals surface area contributed by atoms with Crippen LogP contribution in [0.3, 0.4) is 0 Å². The number of likely N-dealkylation sites (N-methyl/N-ethyl adjacent to an activating group) is 1. The van der Waals surface area contributed by atoms with Gasteiger partial charge in [0.15, 0.2) is 0 Å². The van der Waals surface area contributed by atoms with Gasteiger partial charge in [0.25, 0.3) is 0 Å². The van der Waals surface area contributed by atoms with Gasteiger partial charge in [0.1, 0.15) is 0 Å². The van der Waals surface area contributed by atoms with Gasteiger partial charge < -0.3 is 10.2 Å². The summed E-state index contributed by atoms with van der Waals surface area (Å²) in [6.07, 6.45) is 1.25. The number of rotatable bonds is 3. The molecule has 1 aliphatic heterocycles. The van der Waals surface area contributed by atoms with Gasteiger partial charge in [0, 0.05) is 24.7 Å². The Morgan fingerprint density at radius 1 is 1.43 bits per heavy atom. The molecule has 0 bridgehead atoms. The Hall–Kier alpha value is -0.120. The van der Waals surface area contributed by atoms with E-state index in [1.165, 1.54) is 13.0 Å². The fourth-order valence-corrected chi connectivity index (χ4v) is 2.00. The number of hydrogen-bond donors (Lipinski definition) is 1. The van der Waals surface area contributed by atoms with E-state index >= 15 is 0 Å². The molecule has 3 heteroatoms. The van der Waals surface area contributed by atoms with Crippen LogP contribution in [0.1, 0.15) is 20.3 Å². The zero-order valence-corrected chi connectivity index (χ0v) is 10.3. The van der Waals surface area contributed by atoms with Crippen molar-refractivity contribution >= 4 is 0 Å². The summed E-state index contributed by atoms with van der Waals surface area (Å²) in [6, 6.07) is 0.682. The van der Waals surface area contributed by atoms with E-state index in [1.54, 1.807) is 0 Å². The molecule has 14 heavy (non-hydrogen) atoms. The molecule has 0 amide bonds. The van der Waals surface area contributed by atoms with E-state index in [0.717, 1.165) is 13.1 Å². The summed E-state index contributed by atoms with van der Waals surface area (Å²) in [5.74, 6) is 0. The molecule has 1 fully saturated rings. The van der Waals surface area contributed by atoms with Crippen LogP contribution in [0.5, 0.6) is 0 Å². The van der Waals surface area contributed by atoms with Crippen molar-refractivity contribution in [2.24, 2.45) is 0 Å². The average molecular weight is 199 g/mol. The minimum absolute atomic E-state index is 0.301. The van der Waals surface area contributed by atoms with Gasteiger partial charge >= 0.3 is 0 Å². The lowest BCUT2D eigenvalue weighted by atomic mass is 9.96. The predicted octanol–water partition coefficient (Wildman–Crippen LogP) is 0.620. The summed E-state index contributed by atoms with van der Waals surface area (Å²) in [6.45, 7) is 8.02. The highest BCUT2D eigenvalue weighted by atomic mass is 15.3. The van der Waals surface area contributed by atoms with Gasteiger partial charge in [-0.05, 0) is 48.0 Å². The molecule has 0 aliphatic carbocycles. The van der Waals surface area contributed by atoms with E-state index in [2.05, 4.69) is 50.1 Å². The van der Waals surface area contributed by atoms with Crippen LogP contribution in [0, 0.1) is 0 Å². The van der Waals surface area contributed by atoms with Crippen molar-refractivity contribution in [3.8, 4) is 0 Å². The second-order valence-corrected chi connectivity index (χ2v) is 5.30. The monoisotopic (exact) mass is 199 g/mol. The van der Waals surface area contributed by atoms with Crippen LogP contribution in [0.4, 0.5) is 0 Å². The number of nitrogens with zero attached hydrogens (tertiary/aromatic N) is 2. The third-order valence-corrected chi connectivity index (χ3v) is 3.35. The average Bonchev–Trinajstić information content (AvgIpc) is 2.07. The summed E-state index contributed by atoms with van der Waals surface area (Å²) in [7, 11) is 6.53. The normalized spacial score (nSPS) is 28.3. The van der Waals surface area contributed by atoms with Gasteiger partial charge in [0.2, 0.25) is 0 Å². The lowest BCUT2D eigenvalue weighted by molar-refractivity contribution is 0.0574. The maximum Gasteiger partial charge on any atom is 0.0278 e. The molecule has 0 aromatic carbocycles. The number of piperazine rings is 1. The Labute approximate surface area is 88.5 Å². The van der Waals surface area contributed by atoms with Crippen LogP contribution in [0.25, 0.3) is 0 Å². The summed E-state index contributed by atoms with van der Waals surface area (Å²) in [4.78, 5) is 4.78. The lowest BCUT2D eigenvalue weighted by Gasteiger charge is -2.46. The maximum absolute atomic E-state index is 3.52. The van der Waals surface area contributed by atoms with E-state index in [4.69, 9.17) is 0 Å². The largest absolute Gasteiger partial charge is 0.313 e. The zero-order chi connectivity index (χ0) is 10.8. The smallest absolute Gasteiger partial charge is 0.0278 e. The lowest BCUT2D eigenvalue weighted by Crippen LogP contribution is -2.61. The molecule has 1 aliphatic rings. The van der Waals surface area contributed by atoms with Crippen molar-refractivity contribution < 1.29 is 0 Å². The summed E-state index contributed by atoms with van der Waals surface area (Å²) in [5.41, 5.74) is 0.301. The first-order chi connectivity index (χ1) is 6.43. The van der Waals surface area contributed by atoms with Crippen molar-refractivity contribution in [1.29, 1.82) is 0 Å². The SMILES string of the molecule is CN(C)CCC1CNCC(C)(C)N1C. The van der Waals surface area contributed by atoms with Crippen LogP contribution in [-0.4, -0.2) is 62.2 Å². The van der Waals surface area contributed by atoms with Gasteiger partial charge in [-0.2, -0.15) is 0 Å². The highest BCUT2D eigenvalue weighted by Gasteiger charge is 2.32. The molecule has 3 nitrogen and oxygen atoms in total. The molecule has 0 aromatic heterocycles. The highest BCUT2D eigenvalue weighted by Crippen LogP contribution is 2.19. The Bertz CT molecular complexity index is 177. The molecule has 1 rings (SSSR count). The fraction of sp³-hybridized carbons (Fsp3) is 1.00.